The molecule has 5 nitrogen and oxygen atoms in total. The lowest BCUT2D eigenvalue weighted by atomic mass is 10.1. The molecule has 0 saturated heterocycles. The van der Waals surface area contributed by atoms with Crippen molar-refractivity contribution in [1.29, 1.82) is 0 Å². The third-order valence-electron chi connectivity index (χ3n) is 4.00. The minimum atomic E-state index is -0.321. The minimum absolute atomic E-state index is 0.260. The number of furan rings is 1. The maximum Gasteiger partial charge on any atom is 0.293 e. The molecule has 1 N–H and O–H groups in total. The molecule has 0 aliphatic carbocycles. The second-order valence-electron chi connectivity index (χ2n) is 5.84. The Bertz CT molecular complexity index is 1060. The fourth-order valence-electron chi connectivity index (χ4n) is 2.73. The van der Waals surface area contributed by atoms with Crippen molar-refractivity contribution in [2.24, 2.45) is 0 Å². The lowest BCUT2D eigenvalue weighted by molar-refractivity contribution is 0.0998. The smallest absolute Gasteiger partial charge is 0.293 e. The molecule has 0 saturated carbocycles. The summed E-state index contributed by atoms with van der Waals surface area (Å²) in [6.45, 7) is 2.01. The summed E-state index contributed by atoms with van der Waals surface area (Å²) in [5, 5.41) is 6.09. The summed E-state index contributed by atoms with van der Waals surface area (Å²) < 4.78 is 11.0. The molecule has 2 aromatic carbocycles. The number of para-hydroxylation sites is 1. The molecule has 0 aliphatic rings. The van der Waals surface area contributed by atoms with Gasteiger partial charge in [-0.05, 0) is 31.2 Å². The molecular formula is C20H16N2O3S. The summed E-state index contributed by atoms with van der Waals surface area (Å²) in [4.78, 5) is 17.0. The molecule has 2 heterocycles. The van der Waals surface area contributed by atoms with Crippen molar-refractivity contribution in [2.75, 3.05) is 12.4 Å². The molecular weight excluding hydrogens is 348 g/mol. The van der Waals surface area contributed by atoms with Crippen LogP contribution in [0, 0.1) is 6.92 Å². The molecule has 6 heteroatoms. The number of carbonyl (C=O) groups excluding carboxylic acids is 1. The van der Waals surface area contributed by atoms with Gasteiger partial charge in [-0.1, -0.05) is 29.8 Å². The van der Waals surface area contributed by atoms with Crippen molar-refractivity contribution in [2.45, 2.75) is 6.92 Å². The molecule has 1 amide bonds. The molecule has 0 radical (unpaired) electrons. The monoisotopic (exact) mass is 364 g/mol. The van der Waals surface area contributed by atoms with Crippen LogP contribution in [0.3, 0.4) is 0 Å². The molecule has 4 rings (SSSR count). The number of rotatable bonds is 4. The van der Waals surface area contributed by atoms with E-state index in [1.165, 1.54) is 11.3 Å². The summed E-state index contributed by atoms with van der Waals surface area (Å²) in [5.74, 6) is 0.686. The van der Waals surface area contributed by atoms with Crippen molar-refractivity contribution in [3.8, 4) is 17.0 Å². The van der Waals surface area contributed by atoms with Crippen LogP contribution < -0.4 is 10.1 Å². The van der Waals surface area contributed by atoms with E-state index in [0.29, 0.717) is 10.7 Å². The Morgan fingerprint density at radius 2 is 2.04 bits per heavy atom. The largest absolute Gasteiger partial charge is 0.496 e. The van der Waals surface area contributed by atoms with Gasteiger partial charge < -0.3 is 9.15 Å². The van der Waals surface area contributed by atoms with E-state index in [9.17, 15) is 4.79 Å². The first-order chi connectivity index (χ1) is 12.6. The van der Waals surface area contributed by atoms with Gasteiger partial charge in [0.1, 0.15) is 11.3 Å². The molecule has 0 unspecified atom stereocenters. The average Bonchev–Trinajstić information content (AvgIpc) is 3.28. The standard InChI is InChI=1S/C20H16N2O3S/c1-12-7-8-17(24-2)14(9-12)15-11-26-20(21-15)22-19(23)18-10-13-5-3-4-6-16(13)25-18/h3-11H,1-2H3,(H,21,22,23). The molecule has 0 bridgehead atoms. The van der Waals surface area contributed by atoms with Crippen molar-refractivity contribution < 1.29 is 13.9 Å². The Kier molecular flexibility index (Phi) is 4.18. The van der Waals surface area contributed by atoms with Crippen LogP contribution in [-0.4, -0.2) is 18.0 Å². The maximum absolute atomic E-state index is 12.4. The van der Waals surface area contributed by atoms with Crippen molar-refractivity contribution in [3.05, 3.63) is 65.2 Å². The number of carbonyl (C=O) groups is 1. The highest BCUT2D eigenvalue weighted by Crippen LogP contribution is 2.33. The first-order valence-corrected chi connectivity index (χ1v) is 8.92. The van der Waals surface area contributed by atoms with Crippen LogP contribution in [-0.2, 0) is 0 Å². The zero-order valence-corrected chi connectivity index (χ0v) is 15.1. The highest BCUT2D eigenvalue weighted by Gasteiger charge is 2.15. The SMILES string of the molecule is COc1ccc(C)cc1-c1csc(NC(=O)c2cc3ccccc3o2)n1. The van der Waals surface area contributed by atoms with Crippen LogP contribution in [0.15, 0.2) is 58.3 Å². The zero-order valence-electron chi connectivity index (χ0n) is 14.3. The fourth-order valence-corrected chi connectivity index (χ4v) is 3.43. The maximum atomic E-state index is 12.4. The van der Waals surface area contributed by atoms with Gasteiger partial charge in [0.15, 0.2) is 10.9 Å². The first-order valence-electron chi connectivity index (χ1n) is 8.04. The van der Waals surface area contributed by atoms with E-state index in [4.69, 9.17) is 9.15 Å². The lowest BCUT2D eigenvalue weighted by Gasteiger charge is -2.07. The summed E-state index contributed by atoms with van der Waals surface area (Å²) in [5.41, 5.74) is 3.45. The van der Waals surface area contributed by atoms with E-state index in [1.54, 1.807) is 13.2 Å². The van der Waals surface area contributed by atoms with E-state index in [2.05, 4.69) is 10.3 Å². The Hall–Kier alpha value is -3.12. The number of nitrogens with zero attached hydrogens (tertiary/aromatic N) is 1. The number of ether oxygens (including phenoxy) is 1. The number of nitrogens with one attached hydrogen (secondary N) is 1. The van der Waals surface area contributed by atoms with Gasteiger partial charge in [-0.25, -0.2) is 4.98 Å². The Labute approximate surface area is 154 Å². The molecule has 0 atom stereocenters. The first kappa shape index (κ1) is 16.4. The molecule has 0 fully saturated rings. The number of hydrogen-bond acceptors (Lipinski definition) is 5. The zero-order chi connectivity index (χ0) is 18.1. The number of aryl methyl sites for hydroxylation is 1. The van der Waals surface area contributed by atoms with Gasteiger partial charge in [-0.3, -0.25) is 10.1 Å². The average molecular weight is 364 g/mol. The van der Waals surface area contributed by atoms with Gasteiger partial charge in [0, 0.05) is 16.3 Å². The summed E-state index contributed by atoms with van der Waals surface area (Å²) >= 11 is 1.36. The van der Waals surface area contributed by atoms with Gasteiger partial charge in [-0.2, -0.15) is 0 Å². The molecule has 0 spiro atoms. The Morgan fingerprint density at radius 3 is 2.85 bits per heavy atom. The highest BCUT2D eigenvalue weighted by atomic mass is 32.1. The predicted octanol–water partition coefficient (Wildman–Crippen LogP) is 5.13. The number of hydrogen-bond donors (Lipinski definition) is 1. The van der Waals surface area contributed by atoms with Gasteiger partial charge >= 0.3 is 0 Å². The van der Waals surface area contributed by atoms with Gasteiger partial charge in [0.05, 0.1) is 12.8 Å². The third-order valence-corrected chi connectivity index (χ3v) is 4.76. The normalized spacial score (nSPS) is 10.8. The van der Waals surface area contributed by atoms with E-state index in [1.807, 2.05) is 54.8 Å². The van der Waals surface area contributed by atoms with Crippen molar-refractivity contribution in [3.63, 3.8) is 0 Å². The highest BCUT2D eigenvalue weighted by molar-refractivity contribution is 7.14. The number of thiazole rings is 1. The third kappa shape index (κ3) is 3.07. The number of anilines is 1. The second kappa shape index (κ2) is 6.65. The van der Waals surface area contributed by atoms with Crippen LogP contribution in [0.2, 0.25) is 0 Å². The number of aromatic nitrogens is 1. The molecule has 26 heavy (non-hydrogen) atoms. The minimum Gasteiger partial charge on any atom is -0.496 e. The Balaban J connectivity index is 1.58. The summed E-state index contributed by atoms with van der Waals surface area (Å²) in [7, 11) is 1.63. The van der Waals surface area contributed by atoms with Crippen LogP contribution in [0.1, 0.15) is 16.1 Å². The second-order valence-corrected chi connectivity index (χ2v) is 6.70. The lowest BCUT2D eigenvalue weighted by Crippen LogP contribution is -2.10. The van der Waals surface area contributed by atoms with Gasteiger partial charge in [0.2, 0.25) is 0 Å². The number of fused-ring (bicyclic) bond motifs is 1. The van der Waals surface area contributed by atoms with Crippen molar-refractivity contribution >= 4 is 33.3 Å². The number of amides is 1. The Morgan fingerprint density at radius 1 is 1.19 bits per heavy atom. The number of benzene rings is 2. The van der Waals surface area contributed by atoms with Crippen LogP contribution in [0.25, 0.3) is 22.2 Å². The van der Waals surface area contributed by atoms with Gasteiger partial charge in [-0.15, -0.1) is 11.3 Å². The topological polar surface area (TPSA) is 64.4 Å². The van der Waals surface area contributed by atoms with E-state index in [0.717, 1.165) is 28.0 Å². The summed E-state index contributed by atoms with van der Waals surface area (Å²) in [6.07, 6.45) is 0. The molecule has 4 aromatic rings. The van der Waals surface area contributed by atoms with Crippen LogP contribution >= 0.6 is 11.3 Å². The van der Waals surface area contributed by atoms with Crippen molar-refractivity contribution in [1.82, 2.24) is 4.98 Å². The van der Waals surface area contributed by atoms with E-state index < -0.39 is 0 Å². The van der Waals surface area contributed by atoms with Crippen LogP contribution in [0.4, 0.5) is 5.13 Å². The molecule has 130 valence electrons. The van der Waals surface area contributed by atoms with E-state index >= 15 is 0 Å². The fraction of sp³-hybridized carbons (Fsp3) is 0.100. The van der Waals surface area contributed by atoms with Crippen LogP contribution in [0.5, 0.6) is 5.75 Å². The number of methoxy groups -OCH3 is 1. The predicted molar refractivity (Wildman–Crippen MR) is 103 cm³/mol. The van der Waals surface area contributed by atoms with Gasteiger partial charge in [0.25, 0.3) is 5.91 Å². The summed E-state index contributed by atoms with van der Waals surface area (Å²) in [6, 6.07) is 15.1. The quantitative estimate of drug-likeness (QED) is 0.545. The van der Waals surface area contributed by atoms with E-state index in [-0.39, 0.29) is 11.7 Å². The molecule has 2 aromatic heterocycles. The molecule has 0 aliphatic heterocycles.